The van der Waals surface area contributed by atoms with Gasteiger partial charge in [-0.05, 0) is 19.3 Å². The smallest absolute Gasteiger partial charge is 0.314 e. The number of unbranched alkanes of at least 4 members (excludes halogenated alkanes) is 17. The van der Waals surface area contributed by atoms with Gasteiger partial charge in [-0.1, -0.05) is 110 Å². The minimum absolute atomic E-state index is 0.0751. The Hall–Kier alpha value is -1.26. The molecule has 5 nitrogen and oxygen atoms in total. The fourth-order valence-electron chi connectivity index (χ4n) is 3.81. The number of carbonyl (C=O) groups excluding carboxylic acids is 2. The molecule has 184 valence electrons. The maximum Gasteiger partial charge on any atom is 0.314 e. The van der Waals surface area contributed by atoms with Gasteiger partial charge < -0.3 is 15.4 Å². The van der Waals surface area contributed by atoms with Crippen molar-refractivity contribution in [1.29, 1.82) is 0 Å². The third kappa shape index (κ3) is 24.9. The van der Waals surface area contributed by atoms with Gasteiger partial charge in [-0.2, -0.15) is 0 Å². The zero-order valence-electron chi connectivity index (χ0n) is 20.8. The first-order valence-electron chi connectivity index (χ1n) is 13.3. The molecule has 0 radical (unpaired) electrons. The second-order valence-corrected chi connectivity index (χ2v) is 8.87. The molecule has 0 bridgehead atoms. The summed E-state index contributed by atoms with van der Waals surface area (Å²) in [6, 6.07) is -0.0751. The molecule has 0 aliphatic carbocycles. The van der Waals surface area contributed by atoms with Crippen molar-refractivity contribution in [3.8, 4) is 0 Å². The molecule has 2 N–H and O–H groups in total. The number of methoxy groups -OCH3 is 1. The van der Waals surface area contributed by atoms with Gasteiger partial charge in [0, 0.05) is 19.5 Å². The first-order valence-corrected chi connectivity index (χ1v) is 13.3. The molecular weight excluding hydrogens is 388 g/mol. The summed E-state index contributed by atoms with van der Waals surface area (Å²) in [6.45, 7) is 3.69. The van der Waals surface area contributed by atoms with E-state index in [-0.39, 0.29) is 12.0 Å². The van der Waals surface area contributed by atoms with Crippen LogP contribution in [0.1, 0.15) is 135 Å². The molecule has 2 amide bonds. The van der Waals surface area contributed by atoms with Crippen LogP contribution in [0.5, 0.6) is 0 Å². The Morgan fingerprint density at radius 1 is 0.548 bits per heavy atom. The molecule has 0 aromatic carbocycles. The molecule has 31 heavy (non-hydrogen) atoms. The molecule has 0 spiro atoms. The summed E-state index contributed by atoms with van der Waals surface area (Å²) in [5.41, 5.74) is 0. The normalized spacial score (nSPS) is 10.8. The Kier molecular flexibility index (Phi) is 24.0. The third-order valence-electron chi connectivity index (χ3n) is 5.89. The van der Waals surface area contributed by atoms with E-state index in [2.05, 4.69) is 22.3 Å². The fourth-order valence-corrected chi connectivity index (χ4v) is 3.81. The van der Waals surface area contributed by atoms with Gasteiger partial charge >= 0.3 is 12.0 Å². The van der Waals surface area contributed by atoms with Crippen LogP contribution in [0.4, 0.5) is 4.79 Å². The van der Waals surface area contributed by atoms with Gasteiger partial charge in [0.05, 0.1) is 7.11 Å². The SMILES string of the molecule is CCCCCCCCCCCCCCCCCCNC(=O)NCCCCCC(=O)OC. The van der Waals surface area contributed by atoms with Crippen LogP contribution in [0, 0.1) is 0 Å². The second kappa shape index (κ2) is 25.0. The Balaban J connectivity index is 3.15. The van der Waals surface area contributed by atoms with Crippen LogP contribution in [-0.4, -0.2) is 32.2 Å². The second-order valence-electron chi connectivity index (χ2n) is 8.87. The Labute approximate surface area is 192 Å². The number of amides is 2. The monoisotopic (exact) mass is 440 g/mol. The van der Waals surface area contributed by atoms with E-state index in [1.807, 2.05) is 0 Å². The van der Waals surface area contributed by atoms with Crippen molar-refractivity contribution in [3.05, 3.63) is 0 Å². The van der Waals surface area contributed by atoms with Gasteiger partial charge in [-0.15, -0.1) is 0 Å². The van der Waals surface area contributed by atoms with Gasteiger partial charge in [0.2, 0.25) is 0 Å². The molecule has 0 atom stereocenters. The first kappa shape index (κ1) is 29.7. The Morgan fingerprint density at radius 2 is 0.903 bits per heavy atom. The summed E-state index contributed by atoms with van der Waals surface area (Å²) in [5.74, 6) is -0.162. The lowest BCUT2D eigenvalue weighted by molar-refractivity contribution is -0.140. The quantitative estimate of drug-likeness (QED) is 0.130. The molecule has 0 aliphatic heterocycles. The minimum Gasteiger partial charge on any atom is -0.469 e. The average Bonchev–Trinajstić information content (AvgIpc) is 2.78. The molecule has 0 aromatic rings. The molecule has 5 heteroatoms. The number of hydrogen-bond donors (Lipinski definition) is 2. The van der Waals surface area contributed by atoms with Crippen LogP contribution in [0.2, 0.25) is 0 Å². The van der Waals surface area contributed by atoms with Gasteiger partial charge in [0.25, 0.3) is 0 Å². The van der Waals surface area contributed by atoms with Crippen molar-refractivity contribution in [3.63, 3.8) is 0 Å². The van der Waals surface area contributed by atoms with Crippen molar-refractivity contribution in [2.45, 2.75) is 135 Å². The molecular formula is C26H52N2O3. The van der Waals surface area contributed by atoms with E-state index < -0.39 is 0 Å². The van der Waals surface area contributed by atoms with E-state index >= 15 is 0 Å². The highest BCUT2D eigenvalue weighted by Crippen LogP contribution is 2.13. The summed E-state index contributed by atoms with van der Waals surface area (Å²) < 4.78 is 4.60. The minimum atomic E-state index is -0.162. The lowest BCUT2D eigenvalue weighted by Gasteiger charge is -2.07. The van der Waals surface area contributed by atoms with Crippen LogP contribution in [0.3, 0.4) is 0 Å². The summed E-state index contributed by atoms with van der Waals surface area (Å²) >= 11 is 0. The standard InChI is InChI=1S/C26H52N2O3/c1-3-4-5-6-7-8-9-10-11-12-13-14-15-16-17-20-23-27-26(30)28-24-21-18-19-22-25(29)31-2/h3-24H2,1-2H3,(H2,27,28,30). The number of carbonyl (C=O) groups is 2. The zero-order chi connectivity index (χ0) is 22.8. The summed E-state index contributed by atoms with van der Waals surface area (Å²) in [5, 5.41) is 5.80. The van der Waals surface area contributed by atoms with Crippen molar-refractivity contribution >= 4 is 12.0 Å². The maximum absolute atomic E-state index is 11.7. The van der Waals surface area contributed by atoms with Crippen molar-refractivity contribution in [2.24, 2.45) is 0 Å². The molecule has 0 rings (SSSR count). The molecule has 0 saturated carbocycles. The van der Waals surface area contributed by atoms with E-state index in [4.69, 9.17) is 0 Å². The molecule has 0 aliphatic rings. The van der Waals surface area contributed by atoms with E-state index in [0.717, 1.165) is 32.2 Å². The number of hydrogen-bond acceptors (Lipinski definition) is 3. The lowest BCUT2D eigenvalue weighted by Crippen LogP contribution is -2.36. The van der Waals surface area contributed by atoms with Crippen LogP contribution in [0.25, 0.3) is 0 Å². The third-order valence-corrected chi connectivity index (χ3v) is 5.89. The highest BCUT2D eigenvalue weighted by molar-refractivity contribution is 5.73. The molecule has 0 unspecified atom stereocenters. The highest BCUT2D eigenvalue weighted by Gasteiger charge is 2.01. The van der Waals surface area contributed by atoms with Crippen molar-refractivity contribution in [1.82, 2.24) is 10.6 Å². The predicted octanol–water partition coefficient (Wildman–Crippen LogP) is 7.28. The predicted molar refractivity (Wildman–Crippen MR) is 131 cm³/mol. The van der Waals surface area contributed by atoms with Gasteiger partial charge in [-0.25, -0.2) is 4.79 Å². The fraction of sp³-hybridized carbons (Fsp3) is 0.923. The van der Waals surface area contributed by atoms with Gasteiger partial charge in [-0.3, -0.25) is 4.79 Å². The first-order chi connectivity index (χ1) is 15.2. The van der Waals surface area contributed by atoms with Crippen molar-refractivity contribution < 1.29 is 14.3 Å². The van der Waals surface area contributed by atoms with E-state index in [1.54, 1.807) is 0 Å². The Bertz CT molecular complexity index is 402. The van der Waals surface area contributed by atoms with Crippen molar-refractivity contribution in [2.75, 3.05) is 20.2 Å². The molecule has 0 fully saturated rings. The molecule has 0 heterocycles. The summed E-state index contributed by atoms with van der Waals surface area (Å²) in [4.78, 5) is 22.7. The number of urea groups is 1. The van der Waals surface area contributed by atoms with Crippen LogP contribution < -0.4 is 10.6 Å². The van der Waals surface area contributed by atoms with Gasteiger partial charge in [0.15, 0.2) is 0 Å². The average molecular weight is 441 g/mol. The topological polar surface area (TPSA) is 67.4 Å². The van der Waals surface area contributed by atoms with Crippen LogP contribution >= 0.6 is 0 Å². The van der Waals surface area contributed by atoms with E-state index in [1.165, 1.54) is 103 Å². The lowest BCUT2D eigenvalue weighted by atomic mass is 10.0. The maximum atomic E-state index is 11.7. The number of ether oxygens (including phenoxy) is 1. The van der Waals surface area contributed by atoms with Crippen LogP contribution in [0.15, 0.2) is 0 Å². The number of rotatable bonds is 23. The van der Waals surface area contributed by atoms with Crippen LogP contribution in [-0.2, 0) is 9.53 Å². The summed E-state index contributed by atoms with van der Waals surface area (Å²) in [7, 11) is 1.41. The largest absolute Gasteiger partial charge is 0.469 e. The highest BCUT2D eigenvalue weighted by atomic mass is 16.5. The molecule has 0 aromatic heterocycles. The van der Waals surface area contributed by atoms with Gasteiger partial charge in [0.1, 0.15) is 0 Å². The zero-order valence-corrected chi connectivity index (χ0v) is 20.8. The van der Waals surface area contributed by atoms with E-state index in [9.17, 15) is 9.59 Å². The summed E-state index contributed by atoms with van der Waals surface area (Å²) in [6.07, 6.45) is 24.9. The number of esters is 1. The Morgan fingerprint density at radius 3 is 1.29 bits per heavy atom. The van der Waals surface area contributed by atoms with E-state index in [0.29, 0.717) is 13.0 Å². The molecule has 0 saturated heterocycles. The number of nitrogens with one attached hydrogen (secondary N) is 2.